The third-order valence-electron chi connectivity index (χ3n) is 11.2. The zero-order valence-electron chi connectivity index (χ0n) is 33.4. The normalized spacial score (nSPS) is 37.6. The number of cyclic esters (lactones) is 1. The molecule has 302 valence electrons. The largest absolute Gasteiger partial charge is 0.462 e. The number of carbonyl (C=O) groups excluding carboxylic acids is 3. The minimum absolute atomic E-state index is 0.00488. The van der Waals surface area contributed by atoms with E-state index in [1.807, 2.05) is 46.8 Å². The second kappa shape index (κ2) is 20.3. The Morgan fingerprint density at radius 2 is 1.75 bits per heavy atom. The zero-order valence-corrected chi connectivity index (χ0v) is 33.4. The lowest BCUT2D eigenvalue weighted by Crippen LogP contribution is -2.50. The van der Waals surface area contributed by atoms with Gasteiger partial charge in [-0.25, -0.2) is 4.79 Å². The topological polar surface area (TPSA) is 184 Å². The molecular formula is C41H67NO11. The van der Waals surface area contributed by atoms with Crippen LogP contribution in [0.15, 0.2) is 35.5 Å². The average Bonchev–Trinajstić information content (AvgIpc) is 3.09. The third-order valence-corrected chi connectivity index (χ3v) is 11.2. The molecule has 0 radical (unpaired) electrons. The van der Waals surface area contributed by atoms with Crippen LogP contribution in [-0.2, 0) is 33.3 Å². The van der Waals surface area contributed by atoms with Crippen LogP contribution in [0.5, 0.6) is 0 Å². The molecule has 0 aromatic rings. The smallest absolute Gasteiger partial charge is 0.404 e. The second-order valence-electron chi connectivity index (χ2n) is 16.1. The summed E-state index contributed by atoms with van der Waals surface area (Å²) < 4.78 is 30.0. The number of carbonyl (C=O) groups is 3. The number of fused-ring (bicyclic) bond motifs is 2. The van der Waals surface area contributed by atoms with E-state index in [1.54, 1.807) is 20.8 Å². The van der Waals surface area contributed by atoms with Gasteiger partial charge in [-0.15, -0.1) is 0 Å². The number of rotatable bonds is 10. The van der Waals surface area contributed by atoms with E-state index in [9.17, 15) is 29.7 Å². The quantitative estimate of drug-likeness (QED) is 0.151. The Labute approximate surface area is 316 Å². The number of allylic oxidation sites excluding steroid dienone is 2. The van der Waals surface area contributed by atoms with E-state index in [4.69, 9.17) is 29.4 Å². The summed E-state index contributed by atoms with van der Waals surface area (Å²) in [5.41, 5.74) is 7.13. The number of aliphatic hydroxyl groups excluding tert-OH is 2. The van der Waals surface area contributed by atoms with Crippen LogP contribution in [0.25, 0.3) is 0 Å². The van der Waals surface area contributed by atoms with Crippen LogP contribution in [0.4, 0.5) is 4.79 Å². The van der Waals surface area contributed by atoms with Crippen LogP contribution in [0, 0.1) is 29.6 Å². The van der Waals surface area contributed by atoms with Crippen LogP contribution in [0.2, 0.25) is 0 Å². The molecule has 2 bridgehead atoms. The van der Waals surface area contributed by atoms with E-state index in [0.29, 0.717) is 32.1 Å². The summed E-state index contributed by atoms with van der Waals surface area (Å²) in [6, 6.07) is 0. The van der Waals surface area contributed by atoms with Gasteiger partial charge in [-0.2, -0.15) is 0 Å². The maximum Gasteiger partial charge on any atom is 0.404 e. The monoisotopic (exact) mass is 749 g/mol. The molecule has 0 aliphatic carbocycles. The second-order valence-corrected chi connectivity index (χ2v) is 16.1. The summed E-state index contributed by atoms with van der Waals surface area (Å²) in [6.07, 6.45) is 5.26. The van der Waals surface area contributed by atoms with Crippen molar-refractivity contribution in [1.82, 2.24) is 0 Å². The van der Waals surface area contributed by atoms with E-state index in [-0.39, 0.29) is 54.8 Å². The van der Waals surface area contributed by atoms with Gasteiger partial charge in [0.15, 0.2) is 12.1 Å². The lowest BCUT2D eigenvalue weighted by molar-refractivity contribution is -0.254. The number of Topliss-reactive ketones (excluding diaryl/α,β-unsaturated/α-hetero) is 1. The molecule has 0 saturated carbocycles. The summed E-state index contributed by atoms with van der Waals surface area (Å²) in [6.45, 7) is 17.2. The molecule has 3 heterocycles. The Hall–Kier alpha value is -2.61. The van der Waals surface area contributed by atoms with Crippen molar-refractivity contribution in [2.75, 3.05) is 0 Å². The number of nitrogens with two attached hydrogens (primary N) is 1. The summed E-state index contributed by atoms with van der Waals surface area (Å²) in [5, 5.41) is 33.1. The van der Waals surface area contributed by atoms with Gasteiger partial charge in [0, 0.05) is 25.2 Å². The molecule has 1 saturated heterocycles. The molecule has 3 aliphatic rings. The summed E-state index contributed by atoms with van der Waals surface area (Å²) in [4.78, 5) is 37.5. The van der Waals surface area contributed by atoms with E-state index >= 15 is 0 Å². The van der Waals surface area contributed by atoms with Gasteiger partial charge in [0.1, 0.15) is 30.2 Å². The maximum atomic E-state index is 13.6. The standard InChI is InChI=1S/C41H67NO11/c1-10-32(43)29(8)36(45)26(5)20-28(7)38-27(6)19-23(2)15-16-31(50-35-21-33(51-40(42)47)37(46)30(9)49-35)14-12-11-13-24(3)39-25(4)17-18-41(48,53-39)22-34(44)52-38/h13,15-17,23,26-31,33,35-39,45-46,48H,10-12,14,18-22H2,1-9H3,(H2,42,47)/b16-15+,24-13+/t23-,26+,27+,28+,29+,30?,31+,33?,35?,36-,37?,38-,39+,41+/m0/s1. The summed E-state index contributed by atoms with van der Waals surface area (Å²) in [7, 11) is 0. The minimum Gasteiger partial charge on any atom is -0.462 e. The number of ketones is 1. The van der Waals surface area contributed by atoms with Gasteiger partial charge in [-0.05, 0) is 87.7 Å². The molecule has 12 heteroatoms. The summed E-state index contributed by atoms with van der Waals surface area (Å²) >= 11 is 0. The molecule has 0 aromatic carbocycles. The van der Waals surface area contributed by atoms with E-state index in [0.717, 1.165) is 17.6 Å². The lowest BCUT2D eigenvalue weighted by Gasteiger charge is -2.38. The average molecular weight is 750 g/mol. The van der Waals surface area contributed by atoms with E-state index in [2.05, 4.69) is 19.1 Å². The molecule has 5 N–H and O–H groups in total. The van der Waals surface area contributed by atoms with Crippen molar-refractivity contribution in [2.45, 2.75) is 175 Å². The van der Waals surface area contributed by atoms with Crippen LogP contribution in [-0.4, -0.2) is 88.0 Å². The Morgan fingerprint density at radius 1 is 1.08 bits per heavy atom. The first-order chi connectivity index (χ1) is 24.8. The molecule has 4 unspecified atom stereocenters. The van der Waals surface area contributed by atoms with Gasteiger partial charge < -0.3 is 44.7 Å². The molecule has 14 atom stereocenters. The Bertz CT molecular complexity index is 1310. The highest BCUT2D eigenvalue weighted by molar-refractivity contribution is 5.80. The van der Waals surface area contributed by atoms with Gasteiger partial charge in [0.25, 0.3) is 0 Å². The Balaban J connectivity index is 1.90. The van der Waals surface area contributed by atoms with Crippen LogP contribution in [0.1, 0.15) is 120 Å². The van der Waals surface area contributed by atoms with Crippen molar-refractivity contribution >= 4 is 17.8 Å². The van der Waals surface area contributed by atoms with Gasteiger partial charge in [-0.3, -0.25) is 9.59 Å². The first kappa shape index (κ1) is 44.8. The number of aliphatic hydroxyl groups is 3. The van der Waals surface area contributed by atoms with Crippen molar-refractivity contribution in [3.8, 4) is 0 Å². The molecule has 1 amide bonds. The molecule has 1 fully saturated rings. The number of hydrogen-bond acceptors (Lipinski definition) is 11. The molecule has 12 nitrogen and oxygen atoms in total. The number of amides is 1. The molecule has 0 spiro atoms. The number of hydrogen-bond donors (Lipinski definition) is 4. The van der Waals surface area contributed by atoms with Crippen LogP contribution < -0.4 is 5.73 Å². The zero-order chi connectivity index (χ0) is 39.6. The third kappa shape index (κ3) is 13.3. The van der Waals surface area contributed by atoms with Gasteiger partial charge in [0.2, 0.25) is 0 Å². The molecule has 53 heavy (non-hydrogen) atoms. The van der Waals surface area contributed by atoms with Crippen molar-refractivity contribution in [3.63, 3.8) is 0 Å². The highest BCUT2D eigenvalue weighted by Gasteiger charge is 2.41. The van der Waals surface area contributed by atoms with Crippen LogP contribution in [0.3, 0.4) is 0 Å². The van der Waals surface area contributed by atoms with Gasteiger partial charge in [-0.1, -0.05) is 65.8 Å². The molecule has 3 aliphatic heterocycles. The predicted octanol–water partition coefficient (Wildman–Crippen LogP) is 6.04. The van der Waals surface area contributed by atoms with E-state index in [1.165, 1.54) is 0 Å². The van der Waals surface area contributed by atoms with Gasteiger partial charge >= 0.3 is 12.1 Å². The summed E-state index contributed by atoms with van der Waals surface area (Å²) in [5.74, 6) is -3.23. The molecular weight excluding hydrogens is 682 g/mol. The highest BCUT2D eigenvalue weighted by atomic mass is 16.7. The van der Waals surface area contributed by atoms with Crippen molar-refractivity contribution < 1.29 is 53.4 Å². The number of esters is 1. The van der Waals surface area contributed by atoms with Crippen molar-refractivity contribution in [3.05, 3.63) is 35.5 Å². The van der Waals surface area contributed by atoms with Crippen molar-refractivity contribution in [2.24, 2.45) is 35.3 Å². The first-order valence-corrected chi connectivity index (χ1v) is 19.6. The fourth-order valence-corrected chi connectivity index (χ4v) is 8.07. The first-order valence-electron chi connectivity index (χ1n) is 19.6. The molecule has 0 aromatic heterocycles. The Morgan fingerprint density at radius 3 is 2.42 bits per heavy atom. The minimum atomic E-state index is -1.73. The van der Waals surface area contributed by atoms with E-state index < -0.39 is 66.7 Å². The number of primary amides is 1. The number of ether oxygens (including phenoxy) is 5. The SMILES string of the molecule is CCC(=O)[C@@H](C)[C@@H](O)[C@H](C)C[C@@H](C)[C@H]1OC(=O)C[C@@]2(O)CC=C(C)[C@H](O2)/C(C)=C/CCC[C@@H](OC2CC(OC(N)=O)C(O)C(C)O2)/C=C/[C@H](C)C[C@H]1C. The maximum absolute atomic E-state index is 13.6. The molecule has 3 rings (SSSR count). The van der Waals surface area contributed by atoms with Crippen molar-refractivity contribution in [1.29, 1.82) is 0 Å². The fraction of sp³-hybridized carbons (Fsp3) is 0.780. The predicted molar refractivity (Wildman–Crippen MR) is 200 cm³/mol. The fourth-order valence-electron chi connectivity index (χ4n) is 8.07. The Kier molecular flexibility index (Phi) is 17.2. The van der Waals surface area contributed by atoms with Crippen LogP contribution >= 0.6 is 0 Å². The lowest BCUT2D eigenvalue weighted by atomic mass is 9.79. The van der Waals surface area contributed by atoms with Gasteiger partial charge in [0.05, 0.1) is 24.7 Å². The highest BCUT2D eigenvalue weighted by Crippen LogP contribution is 2.35.